The quantitative estimate of drug-likeness (QED) is 0.590. The summed E-state index contributed by atoms with van der Waals surface area (Å²) in [6.07, 6.45) is 1.40. The van der Waals surface area contributed by atoms with Gasteiger partial charge in [0.2, 0.25) is 0 Å². The summed E-state index contributed by atoms with van der Waals surface area (Å²) in [5, 5.41) is 21.6. The summed E-state index contributed by atoms with van der Waals surface area (Å²) in [4.78, 5) is 12.2. The van der Waals surface area contributed by atoms with Crippen molar-refractivity contribution < 1.29 is 9.90 Å². The molecule has 0 atom stereocenters. The average Bonchev–Trinajstić information content (AvgIpc) is 2.52. The van der Waals surface area contributed by atoms with E-state index in [1.807, 2.05) is 25.1 Å². The monoisotopic (exact) mass is 390 g/mol. The largest absolute Gasteiger partial charge is 0.505 e. The van der Waals surface area contributed by atoms with Crippen LogP contribution in [0.2, 0.25) is 5.02 Å². The zero-order valence-corrected chi connectivity index (χ0v) is 14.4. The molecule has 2 rings (SSSR count). The second kappa shape index (κ2) is 7.32. The first-order valence-corrected chi connectivity index (χ1v) is 7.75. The Bertz CT molecular complexity index is 800. The second-order valence-electron chi connectivity index (χ2n) is 4.82. The van der Waals surface area contributed by atoms with Gasteiger partial charge in [-0.25, -0.2) is 0 Å². The molecule has 2 aromatic rings. The summed E-state index contributed by atoms with van der Waals surface area (Å²) in [6.45, 7) is 1.94. The predicted molar refractivity (Wildman–Crippen MR) is 94.2 cm³/mol. The summed E-state index contributed by atoms with van der Waals surface area (Å²) >= 11 is 9.04. The maximum atomic E-state index is 12.2. The first-order valence-electron chi connectivity index (χ1n) is 6.58. The molecule has 0 aliphatic carbocycles. The Morgan fingerprint density at radius 3 is 2.57 bits per heavy atom. The maximum absolute atomic E-state index is 12.2. The third-order valence-corrected chi connectivity index (χ3v) is 3.92. The molecule has 0 bridgehead atoms. The highest BCUT2D eigenvalue weighted by atomic mass is 79.9. The van der Waals surface area contributed by atoms with Crippen LogP contribution in [-0.4, -0.2) is 11.0 Å². The fourth-order valence-corrected chi connectivity index (χ4v) is 2.64. The topological polar surface area (TPSA) is 73.1 Å². The van der Waals surface area contributed by atoms with Gasteiger partial charge >= 0.3 is 0 Å². The number of nitrogens with one attached hydrogen (secondary N) is 1. The van der Waals surface area contributed by atoms with E-state index in [0.717, 1.165) is 5.56 Å². The lowest BCUT2D eigenvalue weighted by atomic mass is 10.1. The normalized spacial score (nSPS) is 11.0. The number of amides is 1. The molecule has 0 saturated heterocycles. The number of aryl methyl sites for hydroxylation is 1. The number of anilines is 1. The number of benzene rings is 2. The molecule has 4 nitrogen and oxygen atoms in total. The number of phenolic OH excluding ortho intramolecular Hbond substituents is 1. The van der Waals surface area contributed by atoms with Gasteiger partial charge in [0, 0.05) is 5.69 Å². The SMILES string of the molecule is Cc1ccc(NC(=O)/C(C#N)=C\c2cc(Cl)c(O)c(Br)c2)cc1. The smallest absolute Gasteiger partial charge is 0.266 e. The van der Waals surface area contributed by atoms with Gasteiger partial charge in [-0.2, -0.15) is 5.26 Å². The van der Waals surface area contributed by atoms with E-state index in [-0.39, 0.29) is 16.3 Å². The van der Waals surface area contributed by atoms with Gasteiger partial charge in [0.05, 0.1) is 9.50 Å². The van der Waals surface area contributed by atoms with Crippen molar-refractivity contribution in [1.82, 2.24) is 0 Å². The molecule has 0 fully saturated rings. The van der Waals surface area contributed by atoms with Crippen LogP contribution in [0, 0.1) is 18.3 Å². The number of aromatic hydroxyl groups is 1. The highest BCUT2D eigenvalue weighted by Crippen LogP contribution is 2.33. The molecule has 0 aliphatic rings. The highest BCUT2D eigenvalue weighted by molar-refractivity contribution is 9.10. The Labute approximate surface area is 147 Å². The van der Waals surface area contributed by atoms with Crippen LogP contribution in [0.3, 0.4) is 0 Å². The second-order valence-corrected chi connectivity index (χ2v) is 6.08. The number of nitrogens with zero attached hydrogens (tertiary/aromatic N) is 1. The molecule has 23 heavy (non-hydrogen) atoms. The molecular formula is C17H12BrClN2O2. The summed E-state index contributed by atoms with van der Waals surface area (Å²) < 4.78 is 0.382. The van der Waals surface area contributed by atoms with Gasteiger partial charge in [-0.3, -0.25) is 4.79 Å². The number of carbonyl (C=O) groups is 1. The van der Waals surface area contributed by atoms with E-state index in [0.29, 0.717) is 15.7 Å². The van der Waals surface area contributed by atoms with Gasteiger partial charge in [-0.15, -0.1) is 0 Å². The lowest BCUT2D eigenvalue weighted by molar-refractivity contribution is -0.112. The van der Waals surface area contributed by atoms with Crippen molar-refractivity contribution in [1.29, 1.82) is 5.26 Å². The number of halogens is 2. The Morgan fingerprint density at radius 1 is 1.35 bits per heavy atom. The van der Waals surface area contributed by atoms with E-state index >= 15 is 0 Å². The molecule has 116 valence electrons. The minimum absolute atomic E-state index is 0.0702. The van der Waals surface area contributed by atoms with Crippen LogP contribution in [0.25, 0.3) is 6.08 Å². The lowest BCUT2D eigenvalue weighted by Gasteiger charge is -2.06. The van der Waals surface area contributed by atoms with E-state index in [9.17, 15) is 15.2 Å². The van der Waals surface area contributed by atoms with Crippen LogP contribution >= 0.6 is 27.5 Å². The zero-order chi connectivity index (χ0) is 17.0. The van der Waals surface area contributed by atoms with Crippen LogP contribution in [-0.2, 0) is 4.79 Å². The van der Waals surface area contributed by atoms with Gasteiger partial charge in [-0.1, -0.05) is 29.3 Å². The number of hydrogen-bond donors (Lipinski definition) is 2. The molecular weight excluding hydrogens is 380 g/mol. The Morgan fingerprint density at radius 2 is 2.00 bits per heavy atom. The van der Waals surface area contributed by atoms with Crippen LogP contribution < -0.4 is 5.32 Å². The molecule has 0 unspecified atom stereocenters. The number of nitriles is 1. The average molecular weight is 392 g/mol. The van der Waals surface area contributed by atoms with Crippen LogP contribution in [0.1, 0.15) is 11.1 Å². The van der Waals surface area contributed by atoms with Gasteiger partial charge in [0.25, 0.3) is 5.91 Å². The van der Waals surface area contributed by atoms with Crippen molar-refractivity contribution in [3.05, 3.63) is 62.6 Å². The first-order chi connectivity index (χ1) is 10.9. The number of phenols is 1. The Hall–Kier alpha value is -2.29. The Balaban J connectivity index is 2.26. The summed E-state index contributed by atoms with van der Waals surface area (Å²) in [5.41, 5.74) is 2.13. The molecule has 0 aromatic heterocycles. The number of hydrogen-bond acceptors (Lipinski definition) is 3. The molecule has 0 aliphatic heterocycles. The van der Waals surface area contributed by atoms with Crippen molar-refractivity contribution >= 4 is 45.2 Å². The fourth-order valence-electron chi connectivity index (χ4n) is 1.82. The van der Waals surface area contributed by atoms with Crippen molar-refractivity contribution in [2.75, 3.05) is 5.32 Å². The standard InChI is InChI=1S/C17H12BrClN2O2/c1-10-2-4-13(5-3-10)21-17(23)12(9-20)6-11-7-14(18)16(22)15(19)8-11/h2-8,22H,1H3,(H,21,23)/b12-6-. The molecule has 1 amide bonds. The molecule has 0 spiro atoms. The molecule has 0 heterocycles. The fraction of sp³-hybridized carbons (Fsp3) is 0.0588. The maximum Gasteiger partial charge on any atom is 0.266 e. The van der Waals surface area contributed by atoms with Gasteiger partial charge in [0.1, 0.15) is 17.4 Å². The first kappa shape index (κ1) is 17.1. The minimum atomic E-state index is -0.517. The summed E-state index contributed by atoms with van der Waals surface area (Å²) in [7, 11) is 0. The van der Waals surface area contributed by atoms with Crippen LogP contribution in [0.4, 0.5) is 5.69 Å². The molecule has 0 radical (unpaired) electrons. The molecule has 0 saturated carbocycles. The van der Waals surface area contributed by atoms with E-state index < -0.39 is 5.91 Å². The van der Waals surface area contributed by atoms with Crippen molar-refractivity contribution in [3.8, 4) is 11.8 Å². The molecule has 2 aromatic carbocycles. The van der Waals surface area contributed by atoms with Crippen molar-refractivity contribution in [3.63, 3.8) is 0 Å². The molecule has 6 heteroatoms. The molecule has 2 N–H and O–H groups in total. The van der Waals surface area contributed by atoms with Gasteiger partial charge < -0.3 is 10.4 Å². The van der Waals surface area contributed by atoms with Crippen LogP contribution in [0.15, 0.2) is 46.4 Å². The van der Waals surface area contributed by atoms with E-state index in [1.54, 1.807) is 18.2 Å². The summed E-state index contributed by atoms with van der Waals surface area (Å²) in [5.74, 6) is -0.608. The lowest BCUT2D eigenvalue weighted by Crippen LogP contribution is -2.13. The van der Waals surface area contributed by atoms with Crippen molar-refractivity contribution in [2.45, 2.75) is 6.92 Å². The summed E-state index contributed by atoms with van der Waals surface area (Å²) in [6, 6.07) is 12.1. The van der Waals surface area contributed by atoms with Gasteiger partial charge in [0.15, 0.2) is 0 Å². The Kier molecular flexibility index (Phi) is 5.43. The number of carbonyl (C=O) groups excluding carboxylic acids is 1. The van der Waals surface area contributed by atoms with E-state index in [4.69, 9.17) is 11.6 Å². The van der Waals surface area contributed by atoms with Crippen molar-refractivity contribution in [2.24, 2.45) is 0 Å². The zero-order valence-electron chi connectivity index (χ0n) is 12.1. The van der Waals surface area contributed by atoms with Gasteiger partial charge in [-0.05, 0) is 58.8 Å². The minimum Gasteiger partial charge on any atom is -0.505 e. The predicted octanol–water partition coefficient (Wildman–Crippen LogP) is 4.66. The third-order valence-electron chi connectivity index (χ3n) is 3.02. The van der Waals surface area contributed by atoms with Crippen LogP contribution in [0.5, 0.6) is 5.75 Å². The highest BCUT2D eigenvalue weighted by Gasteiger charge is 2.11. The third kappa shape index (κ3) is 4.35. The van der Waals surface area contributed by atoms with E-state index in [2.05, 4.69) is 21.2 Å². The van der Waals surface area contributed by atoms with E-state index in [1.165, 1.54) is 12.1 Å². The number of rotatable bonds is 3.